The van der Waals surface area contributed by atoms with Crippen molar-refractivity contribution in [2.75, 3.05) is 0 Å². The Hall–Kier alpha value is -1.25. The van der Waals surface area contributed by atoms with Crippen LogP contribution in [0.4, 0.5) is 0 Å². The van der Waals surface area contributed by atoms with Crippen molar-refractivity contribution < 1.29 is 4.42 Å². The van der Waals surface area contributed by atoms with E-state index in [1.807, 2.05) is 45.0 Å². The van der Waals surface area contributed by atoms with Crippen LogP contribution in [0.2, 0.25) is 5.02 Å². The van der Waals surface area contributed by atoms with Crippen molar-refractivity contribution in [3.63, 3.8) is 0 Å². The van der Waals surface area contributed by atoms with Crippen molar-refractivity contribution in [1.29, 1.82) is 0 Å². The SMILES string of the molecule is Cc1oc(C)c(C(N)Cc2ccccc2Cl)c1C. The fraction of sp³-hybridized carbons (Fsp3) is 0.333. The summed E-state index contributed by atoms with van der Waals surface area (Å²) in [6, 6.07) is 7.73. The first kappa shape index (κ1) is 13.2. The Morgan fingerprint density at radius 3 is 2.39 bits per heavy atom. The standard InChI is InChI=1S/C15H18ClNO/c1-9-10(2)18-11(3)15(9)14(17)8-12-6-4-5-7-13(12)16/h4-7,14H,8,17H2,1-3H3. The van der Waals surface area contributed by atoms with Crippen LogP contribution in [-0.4, -0.2) is 0 Å². The third kappa shape index (κ3) is 2.45. The van der Waals surface area contributed by atoms with Gasteiger partial charge in [-0.1, -0.05) is 29.8 Å². The lowest BCUT2D eigenvalue weighted by atomic mass is 9.96. The summed E-state index contributed by atoms with van der Waals surface area (Å²) < 4.78 is 5.62. The molecule has 2 rings (SSSR count). The maximum Gasteiger partial charge on any atom is 0.106 e. The van der Waals surface area contributed by atoms with Gasteiger partial charge in [0.05, 0.1) is 0 Å². The van der Waals surface area contributed by atoms with E-state index < -0.39 is 0 Å². The highest BCUT2D eigenvalue weighted by molar-refractivity contribution is 6.31. The predicted octanol–water partition coefficient (Wildman–Crippen LogP) is 4.10. The summed E-state index contributed by atoms with van der Waals surface area (Å²) in [5, 5.41) is 0.767. The Morgan fingerprint density at radius 1 is 1.17 bits per heavy atom. The van der Waals surface area contributed by atoms with E-state index in [4.69, 9.17) is 21.8 Å². The normalized spacial score (nSPS) is 12.7. The molecule has 0 saturated heterocycles. The van der Waals surface area contributed by atoms with Gasteiger partial charge < -0.3 is 10.2 Å². The molecule has 1 heterocycles. The third-order valence-corrected chi connectivity index (χ3v) is 3.75. The van der Waals surface area contributed by atoms with Crippen LogP contribution in [0.3, 0.4) is 0 Å². The smallest absolute Gasteiger partial charge is 0.106 e. The Bertz CT molecular complexity index is 560. The Balaban J connectivity index is 2.28. The van der Waals surface area contributed by atoms with Crippen molar-refractivity contribution in [3.05, 3.63) is 57.5 Å². The summed E-state index contributed by atoms with van der Waals surface area (Å²) in [6.45, 7) is 5.98. The molecule has 2 nitrogen and oxygen atoms in total. The molecule has 0 aliphatic rings. The van der Waals surface area contributed by atoms with E-state index in [1.54, 1.807) is 0 Å². The minimum atomic E-state index is -0.0812. The van der Waals surface area contributed by atoms with Gasteiger partial charge in [-0.25, -0.2) is 0 Å². The minimum Gasteiger partial charge on any atom is -0.466 e. The number of furan rings is 1. The van der Waals surface area contributed by atoms with E-state index in [-0.39, 0.29) is 6.04 Å². The molecule has 0 aliphatic carbocycles. The molecular formula is C15H18ClNO. The van der Waals surface area contributed by atoms with Crippen LogP contribution in [0.5, 0.6) is 0 Å². The molecule has 0 amide bonds. The van der Waals surface area contributed by atoms with E-state index in [1.165, 1.54) is 0 Å². The highest BCUT2D eigenvalue weighted by Crippen LogP contribution is 2.29. The zero-order chi connectivity index (χ0) is 13.3. The number of rotatable bonds is 3. The molecule has 0 saturated carbocycles. The lowest BCUT2D eigenvalue weighted by Crippen LogP contribution is -2.15. The average molecular weight is 264 g/mol. The molecule has 18 heavy (non-hydrogen) atoms. The van der Waals surface area contributed by atoms with Gasteiger partial charge in [0.1, 0.15) is 11.5 Å². The van der Waals surface area contributed by atoms with Crippen LogP contribution in [-0.2, 0) is 6.42 Å². The summed E-state index contributed by atoms with van der Waals surface area (Å²) in [6.07, 6.45) is 0.723. The first-order chi connectivity index (χ1) is 8.50. The lowest BCUT2D eigenvalue weighted by molar-refractivity contribution is 0.496. The number of benzene rings is 1. The van der Waals surface area contributed by atoms with Crippen molar-refractivity contribution in [2.24, 2.45) is 5.73 Å². The molecule has 0 aliphatic heterocycles. The van der Waals surface area contributed by atoms with Gasteiger partial charge in [-0.15, -0.1) is 0 Å². The van der Waals surface area contributed by atoms with Crippen LogP contribution in [0.25, 0.3) is 0 Å². The summed E-state index contributed by atoms with van der Waals surface area (Å²) in [7, 11) is 0. The highest BCUT2D eigenvalue weighted by Gasteiger charge is 2.18. The molecular weight excluding hydrogens is 246 g/mol. The van der Waals surface area contributed by atoms with Crippen LogP contribution >= 0.6 is 11.6 Å². The quantitative estimate of drug-likeness (QED) is 0.905. The van der Waals surface area contributed by atoms with Gasteiger partial charge in [-0.05, 0) is 44.4 Å². The number of hydrogen-bond donors (Lipinski definition) is 1. The Morgan fingerprint density at radius 2 is 1.83 bits per heavy atom. The molecule has 2 aromatic rings. The first-order valence-corrected chi connectivity index (χ1v) is 6.44. The van der Waals surface area contributed by atoms with Gasteiger partial charge in [0.25, 0.3) is 0 Å². The molecule has 3 heteroatoms. The lowest BCUT2D eigenvalue weighted by Gasteiger charge is -2.13. The second-order valence-corrected chi connectivity index (χ2v) is 5.06. The van der Waals surface area contributed by atoms with Gasteiger partial charge in [0.15, 0.2) is 0 Å². The second kappa shape index (κ2) is 5.17. The largest absolute Gasteiger partial charge is 0.466 e. The van der Waals surface area contributed by atoms with Crippen molar-refractivity contribution in [3.8, 4) is 0 Å². The van der Waals surface area contributed by atoms with Gasteiger partial charge in [-0.3, -0.25) is 0 Å². The van der Waals surface area contributed by atoms with Crippen molar-refractivity contribution in [2.45, 2.75) is 33.2 Å². The van der Waals surface area contributed by atoms with Crippen molar-refractivity contribution >= 4 is 11.6 Å². The van der Waals surface area contributed by atoms with E-state index in [0.717, 1.165) is 39.7 Å². The van der Waals surface area contributed by atoms with Gasteiger partial charge in [-0.2, -0.15) is 0 Å². The predicted molar refractivity (Wildman–Crippen MR) is 75.0 cm³/mol. The fourth-order valence-corrected chi connectivity index (χ4v) is 2.57. The van der Waals surface area contributed by atoms with E-state index >= 15 is 0 Å². The van der Waals surface area contributed by atoms with Crippen molar-refractivity contribution in [1.82, 2.24) is 0 Å². The molecule has 1 aromatic carbocycles. The zero-order valence-corrected chi connectivity index (χ0v) is 11.7. The average Bonchev–Trinajstić information content (AvgIpc) is 2.56. The number of hydrogen-bond acceptors (Lipinski definition) is 2. The third-order valence-electron chi connectivity index (χ3n) is 3.39. The number of aryl methyl sites for hydroxylation is 2. The van der Waals surface area contributed by atoms with Gasteiger partial charge in [0.2, 0.25) is 0 Å². The Kier molecular flexibility index (Phi) is 3.79. The van der Waals surface area contributed by atoms with Gasteiger partial charge in [0, 0.05) is 16.6 Å². The summed E-state index contributed by atoms with van der Waals surface area (Å²) in [5.74, 6) is 1.85. The molecule has 2 N–H and O–H groups in total. The van der Waals surface area contributed by atoms with Crippen LogP contribution in [0, 0.1) is 20.8 Å². The summed E-state index contributed by atoms with van der Waals surface area (Å²) >= 11 is 6.16. The second-order valence-electron chi connectivity index (χ2n) is 4.66. The van der Waals surface area contributed by atoms with E-state index in [0.29, 0.717) is 0 Å². The highest BCUT2D eigenvalue weighted by atomic mass is 35.5. The maximum atomic E-state index is 6.29. The number of nitrogens with two attached hydrogens (primary N) is 1. The zero-order valence-electron chi connectivity index (χ0n) is 11.0. The Labute approximate surface area is 113 Å². The molecule has 1 atom stereocenters. The first-order valence-electron chi connectivity index (χ1n) is 6.06. The van der Waals surface area contributed by atoms with Crippen LogP contribution in [0.1, 0.15) is 34.3 Å². The molecule has 0 fully saturated rings. The minimum absolute atomic E-state index is 0.0812. The fourth-order valence-electron chi connectivity index (χ4n) is 2.36. The monoisotopic (exact) mass is 263 g/mol. The summed E-state index contributed by atoms with van der Waals surface area (Å²) in [4.78, 5) is 0. The van der Waals surface area contributed by atoms with Gasteiger partial charge >= 0.3 is 0 Å². The molecule has 1 unspecified atom stereocenters. The molecule has 0 radical (unpaired) electrons. The maximum absolute atomic E-state index is 6.29. The molecule has 0 spiro atoms. The van der Waals surface area contributed by atoms with E-state index in [2.05, 4.69) is 0 Å². The molecule has 1 aromatic heterocycles. The summed E-state index contributed by atoms with van der Waals surface area (Å²) in [5.41, 5.74) is 9.62. The van der Waals surface area contributed by atoms with E-state index in [9.17, 15) is 0 Å². The van der Waals surface area contributed by atoms with Crippen LogP contribution < -0.4 is 5.73 Å². The number of halogens is 1. The topological polar surface area (TPSA) is 39.2 Å². The van der Waals surface area contributed by atoms with Crippen LogP contribution in [0.15, 0.2) is 28.7 Å². The molecule has 0 bridgehead atoms. The molecule has 96 valence electrons.